The molecule has 3 aliphatic rings. The van der Waals surface area contributed by atoms with Crippen molar-refractivity contribution in [2.24, 2.45) is 5.18 Å². The second-order valence-corrected chi connectivity index (χ2v) is 12.0. The molecule has 0 radical (unpaired) electrons. The van der Waals surface area contributed by atoms with Gasteiger partial charge in [-0.25, -0.2) is 18.7 Å². The van der Waals surface area contributed by atoms with E-state index in [2.05, 4.69) is 14.6 Å². The Balaban J connectivity index is 0.986. The Labute approximate surface area is 258 Å². The van der Waals surface area contributed by atoms with Crippen molar-refractivity contribution >= 4 is 16.9 Å². The van der Waals surface area contributed by atoms with Crippen LogP contribution in [0.5, 0.6) is 5.88 Å². The number of pyridine rings is 1. The van der Waals surface area contributed by atoms with E-state index in [-0.39, 0.29) is 43.0 Å². The highest BCUT2D eigenvalue weighted by molar-refractivity contribution is 5.97. The largest absolute Gasteiger partial charge is 0.473 e. The number of aromatic nitrogens is 3. The topological polar surface area (TPSA) is 108 Å². The summed E-state index contributed by atoms with van der Waals surface area (Å²) in [5.74, 6) is 0.244. The van der Waals surface area contributed by atoms with Crippen LogP contribution in [0.25, 0.3) is 11.0 Å². The number of benzene rings is 2. The van der Waals surface area contributed by atoms with Crippen LogP contribution < -0.4 is 4.74 Å². The Morgan fingerprint density at radius 1 is 1.07 bits per heavy atom. The summed E-state index contributed by atoms with van der Waals surface area (Å²) < 4.78 is 47.8. The summed E-state index contributed by atoms with van der Waals surface area (Å²) in [6.07, 6.45) is 2.86. The average molecular weight is 618 g/mol. The summed E-state index contributed by atoms with van der Waals surface area (Å²) in [6.45, 7) is 3.58. The molecule has 1 unspecified atom stereocenters. The summed E-state index contributed by atoms with van der Waals surface area (Å²) in [7, 11) is 0. The molecule has 7 rings (SSSR count). The molecule has 0 bridgehead atoms. The number of carbonyl (C=O) groups excluding carboxylic acids is 1. The number of rotatable bonds is 10. The first kappa shape index (κ1) is 29.6. The van der Waals surface area contributed by atoms with Crippen molar-refractivity contribution in [3.63, 3.8) is 0 Å². The summed E-state index contributed by atoms with van der Waals surface area (Å²) in [5, 5.41) is 2.57. The second-order valence-electron chi connectivity index (χ2n) is 12.0. The van der Waals surface area contributed by atoms with Gasteiger partial charge in [0.15, 0.2) is 5.67 Å². The fourth-order valence-electron chi connectivity index (χ4n) is 6.18. The molecule has 1 atom stereocenters. The number of imidazole rings is 1. The van der Waals surface area contributed by atoms with Gasteiger partial charge in [-0.05, 0) is 68.2 Å². The number of halogens is 2. The number of ether oxygens (including phenoxy) is 3. The average Bonchev–Trinajstić information content (AvgIpc) is 3.36. The molecule has 3 fully saturated rings. The molecule has 3 saturated heterocycles. The fourth-order valence-corrected chi connectivity index (χ4v) is 6.18. The Morgan fingerprint density at radius 2 is 1.89 bits per heavy atom. The molecule has 2 aromatic carbocycles. The van der Waals surface area contributed by atoms with E-state index in [1.165, 1.54) is 6.07 Å². The molecule has 4 aromatic rings. The van der Waals surface area contributed by atoms with E-state index in [1.807, 2.05) is 12.1 Å². The van der Waals surface area contributed by atoms with Gasteiger partial charge in [0, 0.05) is 40.6 Å². The molecule has 0 spiro atoms. The zero-order valence-electron chi connectivity index (χ0n) is 24.7. The Hall–Kier alpha value is -4.13. The molecule has 3 aliphatic heterocycles. The number of fused-ring (bicyclic) bond motifs is 1. The number of nitroso groups, excluding NO2 is 1. The van der Waals surface area contributed by atoms with Gasteiger partial charge in [-0.15, -0.1) is 4.91 Å². The highest BCUT2D eigenvalue weighted by Gasteiger charge is 2.41. The van der Waals surface area contributed by atoms with Gasteiger partial charge in [0.2, 0.25) is 5.88 Å². The van der Waals surface area contributed by atoms with Crippen LogP contribution in [0.3, 0.4) is 0 Å². The standard InChI is InChI=1S/C33H33F2N5O5/c34-26-15-24(33(35)19-43-20-33)6-4-23(26)18-45-31-3-1-2-27(37-31)21-8-11-39(12-9-21)17-30-36-28-7-5-22(32(41)38-42)14-29(28)40(30)16-25-10-13-44-25/h1-7,14-15,21,25H,8-13,16-20H2. The van der Waals surface area contributed by atoms with Crippen LogP contribution in [0.4, 0.5) is 8.78 Å². The third-order valence-corrected chi connectivity index (χ3v) is 9.06. The number of amides is 1. The van der Waals surface area contributed by atoms with E-state index in [0.29, 0.717) is 24.5 Å². The minimum absolute atomic E-state index is 0.00892. The van der Waals surface area contributed by atoms with Crippen molar-refractivity contribution < 1.29 is 27.8 Å². The van der Waals surface area contributed by atoms with Crippen LogP contribution >= 0.6 is 0 Å². The van der Waals surface area contributed by atoms with Crippen molar-refractivity contribution in [2.45, 2.75) is 56.6 Å². The van der Waals surface area contributed by atoms with Gasteiger partial charge in [0.1, 0.15) is 18.2 Å². The molecular weight excluding hydrogens is 584 g/mol. The fraction of sp³-hybridized carbons (Fsp3) is 0.424. The van der Waals surface area contributed by atoms with Crippen LogP contribution in [-0.4, -0.2) is 64.4 Å². The lowest BCUT2D eigenvalue weighted by atomic mass is 9.93. The van der Waals surface area contributed by atoms with Gasteiger partial charge in [0.05, 0.1) is 43.4 Å². The zero-order valence-corrected chi connectivity index (χ0v) is 24.7. The molecule has 234 valence electrons. The van der Waals surface area contributed by atoms with Crippen molar-refractivity contribution in [2.75, 3.05) is 32.9 Å². The summed E-state index contributed by atoms with van der Waals surface area (Å²) in [5.41, 5.74) is 1.73. The van der Waals surface area contributed by atoms with E-state index in [9.17, 15) is 18.5 Å². The van der Waals surface area contributed by atoms with Gasteiger partial charge in [-0.3, -0.25) is 9.69 Å². The number of nitrogens with zero attached hydrogens (tertiary/aromatic N) is 5. The van der Waals surface area contributed by atoms with E-state index >= 15 is 0 Å². The lowest BCUT2D eigenvalue weighted by Crippen LogP contribution is -2.42. The van der Waals surface area contributed by atoms with E-state index in [0.717, 1.165) is 61.5 Å². The zero-order chi connectivity index (χ0) is 31.0. The monoisotopic (exact) mass is 617 g/mol. The van der Waals surface area contributed by atoms with Crippen molar-refractivity contribution in [3.05, 3.63) is 93.5 Å². The maximum atomic E-state index is 14.7. The highest BCUT2D eigenvalue weighted by atomic mass is 19.1. The quantitative estimate of drug-likeness (QED) is 0.217. The van der Waals surface area contributed by atoms with E-state index in [4.69, 9.17) is 24.2 Å². The number of likely N-dealkylation sites (tertiary alicyclic amines) is 1. The molecule has 0 aliphatic carbocycles. The Morgan fingerprint density at radius 3 is 2.58 bits per heavy atom. The molecule has 1 amide bonds. The third kappa shape index (κ3) is 6.09. The molecule has 5 heterocycles. The van der Waals surface area contributed by atoms with Gasteiger partial charge in [-0.1, -0.05) is 18.2 Å². The van der Waals surface area contributed by atoms with Gasteiger partial charge in [0.25, 0.3) is 0 Å². The maximum Gasteiger partial charge on any atom is 0.316 e. The number of carbonyl (C=O) groups is 1. The molecule has 2 aromatic heterocycles. The van der Waals surface area contributed by atoms with E-state index in [1.54, 1.807) is 36.4 Å². The van der Waals surface area contributed by atoms with Crippen LogP contribution in [0.15, 0.2) is 59.8 Å². The Kier molecular flexibility index (Phi) is 8.11. The van der Waals surface area contributed by atoms with Crippen molar-refractivity contribution in [1.29, 1.82) is 0 Å². The van der Waals surface area contributed by atoms with Gasteiger partial charge < -0.3 is 18.8 Å². The molecular formula is C33H33F2N5O5. The predicted molar refractivity (Wildman–Crippen MR) is 160 cm³/mol. The number of piperidine rings is 1. The summed E-state index contributed by atoms with van der Waals surface area (Å²) in [6, 6.07) is 15.0. The minimum atomic E-state index is -1.62. The van der Waals surface area contributed by atoms with E-state index < -0.39 is 17.4 Å². The predicted octanol–water partition coefficient (Wildman–Crippen LogP) is 5.42. The second kappa shape index (κ2) is 12.3. The number of hydrogen-bond donors (Lipinski definition) is 0. The lowest BCUT2D eigenvalue weighted by Gasteiger charge is -2.34. The van der Waals surface area contributed by atoms with Crippen LogP contribution in [0, 0.1) is 10.7 Å². The number of alkyl halides is 1. The minimum Gasteiger partial charge on any atom is -0.473 e. The van der Waals surface area contributed by atoms with Crippen LogP contribution in [0.2, 0.25) is 0 Å². The lowest BCUT2D eigenvalue weighted by molar-refractivity contribution is -0.135. The SMILES string of the molecule is O=NC(=O)c1ccc2nc(CN3CCC(c4cccc(OCc5ccc(C6(F)COC6)cc5F)n4)CC3)n(CC3CCO3)c2c1. The van der Waals surface area contributed by atoms with Crippen LogP contribution in [-0.2, 0) is 34.8 Å². The highest BCUT2D eigenvalue weighted by Crippen LogP contribution is 2.35. The van der Waals surface area contributed by atoms with Gasteiger partial charge in [-0.2, -0.15) is 0 Å². The van der Waals surface area contributed by atoms with Gasteiger partial charge >= 0.3 is 5.91 Å². The molecule has 0 N–H and O–H groups in total. The first-order valence-electron chi connectivity index (χ1n) is 15.2. The molecule has 0 saturated carbocycles. The normalized spacial score (nSPS) is 20.0. The Bertz CT molecular complexity index is 1730. The summed E-state index contributed by atoms with van der Waals surface area (Å²) in [4.78, 5) is 34.7. The smallest absolute Gasteiger partial charge is 0.316 e. The summed E-state index contributed by atoms with van der Waals surface area (Å²) >= 11 is 0. The van der Waals surface area contributed by atoms with Crippen LogP contribution in [0.1, 0.15) is 58.2 Å². The van der Waals surface area contributed by atoms with Crippen molar-refractivity contribution in [3.8, 4) is 5.88 Å². The molecule has 10 nitrogen and oxygen atoms in total. The molecule has 45 heavy (non-hydrogen) atoms. The first-order valence-corrected chi connectivity index (χ1v) is 15.2. The maximum absolute atomic E-state index is 14.7. The number of hydrogen-bond acceptors (Lipinski definition) is 8. The van der Waals surface area contributed by atoms with Crippen molar-refractivity contribution in [1.82, 2.24) is 19.4 Å². The first-order chi connectivity index (χ1) is 21.9. The third-order valence-electron chi connectivity index (χ3n) is 9.06. The molecule has 12 heteroatoms.